The van der Waals surface area contributed by atoms with Crippen LogP contribution >= 0.6 is 11.3 Å². The third-order valence-electron chi connectivity index (χ3n) is 2.79. The van der Waals surface area contributed by atoms with Crippen molar-refractivity contribution in [1.82, 2.24) is 0 Å². The minimum atomic E-state index is -0.990. The zero-order valence-corrected chi connectivity index (χ0v) is 11.0. The molecular formula is C12H15NO4S. The summed E-state index contributed by atoms with van der Waals surface area (Å²) in [6.07, 6.45) is 1.96. The quantitative estimate of drug-likeness (QED) is 0.912. The molecule has 1 aliphatic rings. The highest BCUT2D eigenvalue weighted by Gasteiger charge is 2.29. The standard InChI is InChI=1S/C12H15NO4S/c1-2-4-8-7-18-10(11(14)15)9(8)13-5-3-6-17-12(13)16/h7H,2-6H2,1H3,(H,14,15). The zero-order chi connectivity index (χ0) is 13.1. The number of aromatic carboxylic acids is 1. The first-order valence-corrected chi connectivity index (χ1v) is 6.81. The molecule has 0 atom stereocenters. The van der Waals surface area contributed by atoms with Crippen molar-refractivity contribution in [3.05, 3.63) is 15.8 Å². The van der Waals surface area contributed by atoms with Crippen LogP contribution in [0.5, 0.6) is 0 Å². The Morgan fingerprint density at radius 1 is 1.61 bits per heavy atom. The van der Waals surface area contributed by atoms with E-state index in [1.807, 2.05) is 12.3 Å². The van der Waals surface area contributed by atoms with E-state index in [0.29, 0.717) is 18.8 Å². The number of carboxylic acid groups (broad SMARTS) is 1. The first-order valence-electron chi connectivity index (χ1n) is 5.93. The minimum absolute atomic E-state index is 0.220. The summed E-state index contributed by atoms with van der Waals surface area (Å²) in [5.74, 6) is -0.990. The molecule has 0 aliphatic carbocycles. The van der Waals surface area contributed by atoms with Gasteiger partial charge in [-0.15, -0.1) is 11.3 Å². The molecule has 0 radical (unpaired) electrons. The van der Waals surface area contributed by atoms with E-state index < -0.39 is 12.1 Å². The topological polar surface area (TPSA) is 66.8 Å². The van der Waals surface area contributed by atoms with Crippen LogP contribution in [-0.2, 0) is 11.2 Å². The van der Waals surface area contributed by atoms with Gasteiger partial charge in [0, 0.05) is 6.54 Å². The maximum atomic E-state index is 11.7. The van der Waals surface area contributed by atoms with Crippen LogP contribution in [0.25, 0.3) is 0 Å². The van der Waals surface area contributed by atoms with Gasteiger partial charge >= 0.3 is 12.1 Å². The van der Waals surface area contributed by atoms with Gasteiger partial charge in [-0.1, -0.05) is 13.3 Å². The molecule has 1 saturated heterocycles. The van der Waals surface area contributed by atoms with E-state index in [-0.39, 0.29) is 4.88 Å². The van der Waals surface area contributed by atoms with Gasteiger partial charge in [0.25, 0.3) is 0 Å². The lowest BCUT2D eigenvalue weighted by Crippen LogP contribution is -2.38. The fourth-order valence-electron chi connectivity index (χ4n) is 2.04. The Morgan fingerprint density at radius 2 is 2.39 bits per heavy atom. The molecule has 1 amide bonds. The number of carboxylic acids is 1. The molecule has 0 saturated carbocycles. The second kappa shape index (κ2) is 5.39. The van der Waals surface area contributed by atoms with Crippen molar-refractivity contribution in [1.29, 1.82) is 0 Å². The summed E-state index contributed by atoms with van der Waals surface area (Å²) in [4.78, 5) is 24.6. The second-order valence-corrected chi connectivity index (χ2v) is 4.99. The largest absolute Gasteiger partial charge is 0.477 e. The van der Waals surface area contributed by atoms with E-state index in [1.54, 1.807) is 0 Å². The SMILES string of the molecule is CCCc1csc(C(=O)O)c1N1CCCOC1=O. The number of anilines is 1. The molecule has 0 spiro atoms. The van der Waals surface area contributed by atoms with Crippen LogP contribution in [0.2, 0.25) is 0 Å². The summed E-state index contributed by atoms with van der Waals surface area (Å²) in [7, 11) is 0. The van der Waals surface area contributed by atoms with E-state index >= 15 is 0 Å². The minimum Gasteiger partial charge on any atom is -0.477 e. The van der Waals surface area contributed by atoms with Gasteiger partial charge in [-0.3, -0.25) is 4.90 Å². The first-order chi connectivity index (χ1) is 8.65. The number of ether oxygens (including phenoxy) is 1. The number of hydrogen-bond acceptors (Lipinski definition) is 4. The lowest BCUT2D eigenvalue weighted by Gasteiger charge is -2.27. The molecule has 1 aromatic heterocycles. The van der Waals surface area contributed by atoms with Gasteiger partial charge < -0.3 is 9.84 Å². The van der Waals surface area contributed by atoms with E-state index in [9.17, 15) is 14.7 Å². The molecule has 0 unspecified atom stereocenters. The summed E-state index contributed by atoms with van der Waals surface area (Å²) in [5.41, 5.74) is 1.44. The fourth-order valence-corrected chi connectivity index (χ4v) is 2.98. The lowest BCUT2D eigenvalue weighted by atomic mass is 10.1. The average molecular weight is 269 g/mol. The molecule has 98 valence electrons. The Labute approximate surface area is 109 Å². The van der Waals surface area contributed by atoms with Gasteiger partial charge in [0.1, 0.15) is 4.88 Å². The average Bonchev–Trinajstić information content (AvgIpc) is 2.74. The van der Waals surface area contributed by atoms with Crippen molar-refractivity contribution >= 4 is 29.1 Å². The van der Waals surface area contributed by atoms with Crippen molar-refractivity contribution in [2.45, 2.75) is 26.2 Å². The maximum Gasteiger partial charge on any atom is 0.414 e. The van der Waals surface area contributed by atoms with Crippen LogP contribution in [0, 0.1) is 0 Å². The lowest BCUT2D eigenvalue weighted by molar-refractivity contribution is 0.0702. The van der Waals surface area contributed by atoms with Crippen molar-refractivity contribution < 1.29 is 19.4 Å². The number of aryl methyl sites for hydroxylation is 1. The van der Waals surface area contributed by atoms with Crippen LogP contribution < -0.4 is 4.90 Å². The molecule has 18 heavy (non-hydrogen) atoms. The number of hydrogen-bond donors (Lipinski definition) is 1. The zero-order valence-electron chi connectivity index (χ0n) is 10.1. The molecule has 1 N–H and O–H groups in total. The summed E-state index contributed by atoms with van der Waals surface area (Å²) in [6, 6.07) is 0. The monoisotopic (exact) mass is 269 g/mol. The number of carbonyl (C=O) groups is 2. The van der Waals surface area contributed by atoms with E-state index in [2.05, 4.69) is 0 Å². The van der Waals surface area contributed by atoms with Crippen LogP contribution in [0.15, 0.2) is 5.38 Å². The smallest absolute Gasteiger partial charge is 0.414 e. The van der Waals surface area contributed by atoms with E-state index in [0.717, 1.165) is 24.8 Å². The van der Waals surface area contributed by atoms with E-state index in [1.165, 1.54) is 16.2 Å². The van der Waals surface area contributed by atoms with Crippen molar-refractivity contribution in [3.8, 4) is 0 Å². The molecule has 2 rings (SSSR count). The summed E-state index contributed by atoms with van der Waals surface area (Å²) >= 11 is 1.17. The predicted molar refractivity (Wildman–Crippen MR) is 68.6 cm³/mol. The van der Waals surface area contributed by atoms with Crippen molar-refractivity contribution in [3.63, 3.8) is 0 Å². The Hall–Kier alpha value is -1.56. The van der Waals surface area contributed by atoms with Gasteiger partial charge in [0.15, 0.2) is 0 Å². The van der Waals surface area contributed by atoms with Crippen LogP contribution in [-0.4, -0.2) is 30.3 Å². The molecule has 0 aromatic carbocycles. The number of nitrogens with zero attached hydrogens (tertiary/aromatic N) is 1. The summed E-state index contributed by atoms with van der Waals surface area (Å²) < 4.78 is 4.98. The first kappa shape index (κ1) is 12.9. The van der Waals surface area contributed by atoms with Crippen molar-refractivity contribution in [2.75, 3.05) is 18.1 Å². The normalized spacial score (nSPS) is 15.6. The number of cyclic esters (lactones) is 1. The van der Waals surface area contributed by atoms with Gasteiger partial charge in [-0.05, 0) is 23.8 Å². The third kappa shape index (κ3) is 2.33. The number of amides is 1. The molecule has 6 heteroatoms. The molecule has 5 nitrogen and oxygen atoms in total. The highest BCUT2D eigenvalue weighted by Crippen LogP contribution is 2.34. The number of carbonyl (C=O) groups excluding carboxylic acids is 1. The van der Waals surface area contributed by atoms with Crippen molar-refractivity contribution in [2.24, 2.45) is 0 Å². The van der Waals surface area contributed by atoms with Crippen LogP contribution in [0.3, 0.4) is 0 Å². The number of rotatable bonds is 4. The molecule has 2 heterocycles. The maximum absolute atomic E-state index is 11.7. The molecule has 1 aliphatic heterocycles. The Morgan fingerprint density at radius 3 is 3.00 bits per heavy atom. The molecule has 1 fully saturated rings. The molecule has 1 aromatic rings. The Bertz CT molecular complexity index is 469. The summed E-state index contributed by atoms with van der Waals surface area (Å²) in [5, 5.41) is 11.0. The van der Waals surface area contributed by atoms with Crippen LogP contribution in [0.4, 0.5) is 10.5 Å². The highest BCUT2D eigenvalue weighted by atomic mass is 32.1. The third-order valence-corrected chi connectivity index (χ3v) is 3.80. The predicted octanol–water partition coefficient (Wildman–Crippen LogP) is 2.75. The summed E-state index contributed by atoms with van der Waals surface area (Å²) in [6.45, 7) is 2.95. The Kier molecular flexibility index (Phi) is 3.86. The fraction of sp³-hybridized carbons (Fsp3) is 0.500. The molecular weight excluding hydrogens is 254 g/mol. The second-order valence-electron chi connectivity index (χ2n) is 4.11. The molecule has 0 bridgehead atoms. The van der Waals surface area contributed by atoms with Crippen LogP contribution in [0.1, 0.15) is 35.0 Å². The van der Waals surface area contributed by atoms with Gasteiger partial charge in [0.05, 0.1) is 12.3 Å². The van der Waals surface area contributed by atoms with E-state index in [4.69, 9.17) is 4.74 Å². The van der Waals surface area contributed by atoms with Gasteiger partial charge in [0.2, 0.25) is 0 Å². The highest BCUT2D eigenvalue weighted by molar-refractivity contribution is 7.12. The van der Waals surface area contributed by atoms with Gasteiger partial charge in [-0.25, -0.2) is 9.59 Å². The number of thiophene rings is 1. The Balaban J connectivity index is 2.41. The van der Waals surface area contributed by atoms with Gasteiger partial charge in [-0.2, -0.15) is 0 Å².